The third kappa shape index (κ3) is 6.04. The molecule has 5 rings (SSSR count). The van der Waals surface area contributed by atoms with Gasteiger partial charge in [0.15, 0.2) is 0 Å². The zero-order chi connectivity index (χ0) is 28.2. The molecule has 216 valence electrons. The number of ether oxygens (including phenoxy) is 2. The van der Waals surface area contributed by atoms with Gasteiger partial charge in [-0.05, 0) is 75.5 Å². The molecule has 1 atom stereocenters. The van der Waals surface area contributed by atoms with E-state index in [9.17, 15) is 9.90 Å². The Kier molecular flexibility index (Phi) is 8.78. The fourth-order valence-corrected chi connectivity index (χ4v) is 6.30. The number of rotatable bonds is 9. The number of nitrogens with zero attached hydrogens (tertiary/aromatic N) is 4. The van der Waals surface area contributed by atoms with Crippen LogP contribution in [0.2, 0.25) is 0 Å². The molecule has 1 unspecified atom stereocenters. The van der Waals surface area contributed by atoms with Crippen LogP contribution in [0.1, 0.15) is 93.1 Å². The monoisotopic (exact) mass is 549 g/mol. The van der Waals surface area contributed by atoms with Crippen molar-refractivity contribution < 1.29 is 19.4 Å². The average Bonchev–Trinajstić information content (AvgIpc) is 3.35. The number of aromatic nitrogens is 3. The molecule has 1 aliphatic heterocycles. The van der Waals surface area contributed by atoms with Gasteiger partial charge in [-0.3, -0.25) is 4.79 Å². The van der Waals surface area contributed by atoms with Crippen molar-refractivity contribution in [2.24, 2.45) is 0 Å². The zero-order valence-electron chi connectivity index (χ0n) is 24.2. The maximum absolute atomic E-state index is 13.4. The van der Waals surface area contributed by atoms with E-state index in [4.69, 9.17) is 19.4 Å². The fourth-order valence-electron chi connectivity index (χ4n) is 6.30. The van der Waals surface area contributed by atoms with Crippen LogP contribution in [0.5, 0.6) is 11.5 Å². The number of carbonyl (C=O) groups excluding carboxylic acids is 1. The number of nitrogens with one attached hydrogen (secondary N) is 1. The van der Waals surface area contributed by atoms with Gasteiger partial charge in [0.05, 0.1) is 20.3 Å². The number of likely N-dealkylation sites (tertiary alicyclic amines) is 1. The Labute approximate surface area is 236 Å². The third-order valence-corrected chi connectivity index (χ3v) is 8.58. The van der Waals surface area contributed by atoms with Crippen molar-refractivity contribution in [3.63, 3.8) is 0 Å². The molecule has 0 bridgehead atoms. The van der Waals surface area contributed by atoms with Crippen LogP contribution in [0.4, 0.5) is 5.95 Å². The Morgan fingerprint density at radius 1 is 1.07 bits per heavy atom. The van der Waals surface area contributed by atoms with Crippen molar-refractivity contribution >= 4 is 22.9 Å². The summed E-state index contributed by atoms with van der Waals surface area (Å²) in [7, 11) is 3.18. The molecule has 9 heteroatoms. The molecule has 2 aromatic heterocycles. The molecule has 9 nitrogen and oxygen atoms in total. The molecule has 3 heterocycles. The highest BCUT2D eigenvalue weighted by Crippen LogP contribution is 2.38. The number of anilines is 1. The lowest BCUT2D eigenvalue weighted by atomic mass is 9.89. The highest BCUT2D eigenvalue weighted by molar-refractivity contribution is 5.95. The maximum Gasteiger partial charge on any atom is 0.254 e. The van der Waals surface area contributed by atoms with Crippen LogP contribution >= 0.6 is 0 Å². The van der Waals surface area contributed by atoms with Crippen molar-refractivity contribution in [2.45, 2.75) is 89.3 Å². The number of amides is 1. The Morgan fingerprint density at radius 3 is 2.38 bits per heavy atom. The van der Waals surface area contributed by atoms with Gasteiger partial charge in [-0.25, -0.2) is 4.98 Å². The Balaban J connectivity index is 1.37. The predicted molar refractivity (Wildman–Crippen MR) is 156 cm³/mol. The molecule has 1 aliphatic carbocycles. The molecule has 2 fully saturated rings. The van der Waals surface area contributed by atoms with Crippen LogP contribution in [-0.4, -0.2) is 69.9 Å². The quantitative estimate of drug-likeness (QED) is 0.361. The lowest BCUT2D eigenvalue weighted by Gasteiger charge is -2.32. The Bertz CT molecular complexity index is 1290. The van der Waals surface area contributed by atoms with Crippen LogP contribution in [-0.2, 0) is 0 Å². The second-order valence-electron chi connectivity index (χ2n) is 11.4. The summed E-state index contributed by atoms with van der Waals surface area (Å²) >= 11 is 0. The molecular formula is C31H43N5O4. The van der Waals surface area contributed by atoms with E-state index >= 15 is 0 Å². The minimum Gasteiger partial charge on any atom is -0.497 e. The second-order valence-corrected chi connectivity index (χ2v) is 11.4. The minimum atomic E-state index is -0.203. The lowest BCUT2D eigenvalue weighted by molar-refractivity contribution is 0.0712. The standard InChI is InChI=1S/C31H43N5O4/c1-5-6-20(2)33-31-32-18-27-28(19-36(29(27)34-31)23-7-9-24(37)10-8-23)21-11-13-35(14-12-21)30(38)22-15-25(39-3)17-26(16-22)40-4/h15-21,23-24,37H,5-14H2,1-4H3,(H,32,33,34). The number of hydrogen-bond donors (Lipinski definition) is 2. The van der Waals surface area contributed by atoms with Crippen molar-refractivity contribution in [3.8, 4) is 11.5 Å². The number of carbonyl (C=O) groups is 1. The third-order valence-electron chi connectivity index (χ3n) is 8.58. The number of aliphatic hydroxyl groups excluding tert-OH is 1. The molecule has 2 N–H and O–H groups in total. The molecule has 1 aromatic carbocycles. The first-order chi connectivity index (χ1) is 19.4. The normalized spacial score (nSPS) is 20.9. The molecule has 1 amide bonds. The smallest absolute Gasteiger partial charge is 0.254 e. The van der Waals surface area contributed by atoms with Gasteiger partial charge in [-0.2, -0.15) is 4.98 Å². The summed E-state index contributed by atoms with van der Waals surface area (Å²) in [4.78, 5) is 25.0. The summed E-state index contributed by atoms with van der Waals surface area (Å²) in [6.45, 7) is 5.71. The van der Waals surface area contributed by atoms with Crippen LogP contribution in [0.3, 0.4) is 0 Å². The zero-order valence-corrected chi connectivity index (χ0v) is 24.2. The summed E-state index contributed by atoms with van der Waals surface area (Å²) in [6, 6.07) is 5.95. The van der Waals surface area contributed by atoms with Crippen molar-refractivity contribution in [3.05, 3.63) is 41.7 Å². The van der Waals surface area contributed by atoms with Crippen molar-refractivity contribution in [1.82, 2.24) is 19.4 Å². The maximum atomic E-state index is 13.4. The first-order valence-corrected chi connectivity index (χ1v) is 14.7. The first-order valence-electron chi connectivity index (χ1n) is 14.7. The molecule has 1 saturated carbocycles. The SMILES string of the molecule is CCCC(C)Nc1ncc2c(C3CCN(C(=O)c4cc(OC)cc(OC)c4)CC3)cn(C3CCC(O)CC3)c2n1. The number of methoxy groups -OCH3 is 2. The van der Waals surface area contributed by atoms with Crippen LogP contribution < -0.4 is 14.8 Å². The number of hydrogen-bond acceptors (Lipinski definition) is 7. The first kappa shape index (κ1) is 28.2. The summed E-state index contributed by atoms with van der Waals surface area (Å²) < 4.78 is 13.1. The van der Waals surface area contributed by atoms with Crippen LogP contribution in [0.25, 0.3) is 11.0 Å². The number of benzene rings is 1. The fraction of sp³-hybridized carbons (Fsp3) is 0.581. The van der Waals surface area contributed by atoms with E-state index in [1.165, 1.54) is 5.56 Å². The number of aliphatic hydroxyl groups is 1. The topological polar surface area (TPSA) is 102 Å². The van der Waals surface area contributed by atoms with Gasteiger partial charge in [0.2, 0.25) is 5.95 Å². The summed E-state index contributed by atoms with van der Waals surface area (Å²) in [5.74, 6) is 2.21. The van der Waals surface area contributed by atoms with E-state index in [0.717, 1.165) is 62.4 Å². The van der Waals surface area contributed by atoms with Gasteiger partial charge < -0.3 is 29.4 Å². The number of piperidine rings is 1. The van der Waals surface area contributed by atoms with Crippen LogP contribution in [0, 0.1) is 0 Å². The van der Waals surface area contributed by atoms with E-state index < -0.39 is 0 Å². The largest absolute Gasteiger partial charge is 0.497 e. The summed E-state index contributed by atoms with van der Waals surface area (Å²) in [5.41, 5.74) is 2.82. The van der Waals surface area contributed by atoms with E-state index in [1.807, 2.05) is 11.1 Å². The highest BCUT2D eigenvalue weighted by atomic mass is 16.5. The van der Waals surface area contributed by atoms with Gasteiger partial charge in [0.25, 0.3) is 5.91 Å². The lowest BCUT2D eigenvalue weighted by Crippen LogP contribution is -2.37. The van der Waals surface area contributed by atoms with Gasteiger partial charge in [-0.1, -0.05) is 13.3 Å². The Hall–Kier alpha value is -3.33. The van der Waals surface area contributed by atoms with Gasteiger partial charge >= 0.3 is 0 Å². The van der Waals surface area contributed by atoms with Crippen LogP contribution in [0.15, 0.2) is 30.6 Å². The summed E-state index contributed by atoms with van der Waals surface area (Å²) in [5, 5.41) is 14.7. The molecule has 40 heavy (non-hydrogen) atoms. The van der Waals surface area contributed by atoms with E-state index in [-0.39, 0.29) is 12.0 Å². The molecule has 2 aliphatic rings. The molecule has 1 saturated heterocycles. The second kappa shape index (κ2) is 12.5. The molecule has 0 spiro atoms. The predicted octanol–water partition coefficient (Wildman–Crippen LogP) is 5.54. The summed E-state index contributed by atoms with van der Waals surface area (Å²) in [6.07, 6.45) is 11.5. The van der Waals surface area contributed by atoms with Gasteiger partial charge in [0.1, 0.15) is 17.1 Å². The molecule has 3 aromatic rings. The van der Waals surface area contributed by atoms with E-state index in [2.05, 4.69) is 29.9 Å². The van der Waals surface area contributed by atoms with Crippen molar-refractivity contribution in [1.29, 1.82) is 0 Å². The highest BCUT2D eigenvalue weighted by Gasteiger charge is 2.30. The number of fused-ring (bicyclic) bond motifs is 1. The molecular weight excluding hydrogens is 506 g/mol. The Morgan fingerprint density at radius 2 is 1.75 bits per heavy atom. The van der Waals surface area contributed by atoms with Gasteiger partial charge in [-0.15, -0.1) is 0 Å². The average molecular weight is 550 g/mol. The van der Waals surface area contributed by atoms with E-state index in [0.29, 0.717) is 54.1 Å². The molecule has 0 radical (unpaired) electrons. The minimum absolute atomic E-state index is 0.000842. The van der Waals surface area contributed by atoms with E-state index in [1.54, 1.807) is 32.4 Å². The van der Waals surface area contributed by atoms with Gasteiger partial charge in [0, 0.05) is 54.6 Å². The van der Waals surface area contributed by atoms with Crippen molar-refractivity contribution in [2.75, 3.05) is 32.6 Å².